The Hall–Kier alpha value is 0.0200. The van der Waals surface area contributed by atoms with Gasteiger partial charge in [-0.25, -0.2) is 9.36 Å². The topological polar surface area (TPSA) is 105 Å². The summed E-state index contributed by atoms with van der Waals surface area (Å²) in [7, 11) is -3.79. The lowest BCUT2D eigenvalue weighted by Gasteiger charge is -2.44. The number of allylic oxidation sites excluding steroid dienone is 2. The van der Waals surface area contributed by atoms with E-state index < -0.39 is 30.2 Å². The number of amides is 1. The number of nitrogens with one attached hydrogen (secondary N) is 1. The molecule has 0 aliphatic heterocycles. The minimum Gasteiger partial charge on any atom is -0.410 e. The Labute approximate surface area is 146 Å². The maximum atomic E-state index is 11.5. The molecule has 2 atom stereocenters. The van der Waals surface area contributed by atoms with E-state index in [0.29, 0.717) is 0 Å². The van der Waals surface area contributed by atoms with Gasteiger partial charge in [0.25, 0.3) is 0 Å². The summed E-state index contributed by atoms with van der Waals surface area (Å²) in [6.45, 7) is 2.44. The molecule has 0 bridgehead atoms. The molecule has 1 amide bonds. The highest BCUT2D eigenvalue weighted by molar-refractivity contribution is 7.46. The Morgan fingerprint density at radius 1 is 1.23 bits per heavy atom. The first kappa shape index (κ1) is 20.1. The largest absolute Gasteiger partial charge is 0.470 e. The number of carbonyl (C=O) groups is 1. The van der Waals surface area contributed by atoms with Crippen LogP contribution in [0.2, 0.25) is 0 Å². The molecular formula is C10H12Cl4NO6P. The average Bonchev–Trinajstić information content (AvgIpc) is 2.38. The van der Waals surface area contributed by atoms with Crippen LogP contribution in [0.1, 0.15) is 13.8 Å². The molecule has 1 rings (SSSR count). The molecule has 2 unspecified atom stereocenters. The number of hydrogen-bond acceptors (Lipinski definition) is 4. The van der Waals surface area contributed by atoms with E-state index in [1.54, 1.807) is 0 Å². The maximum absolute atomic E-state index is 11.5. The van der Waals surface area contributed by atoms with Crippen molar-refractivity contribution in [1.82, 2.24) is 5.32 Å². The predicted molar refractivity (Wildman–Crippen MR) is 82.9 cm³/mol. The Kier molecular flexibility index (Phi) is 5.92. The minimum atomic E-state index is -5.05. The smallest absolute Gasteiger partial charge is 0.410 e. The molecule has 0 saturated carbocycles. The molecule has 0 radical (unpaired) electrons. The number of carbonyl (C=O) groups excluding carboxylic acids is 1. The number of alkyl carbamates (subject to hydrolysis) is 1. The van der Waals surface area contributed by atoms with Crippen LogP contribution in [-0.4, -0.2) is 33.4 Å². The van der Waals surface area contributed by atoms with Gasteiger partial charge in [0.1, 0.15) is 9.91 Å². The highest BCUT2D eigenvalue weighted by Gasteiger charge is 2.59. The van der Waals surface area contributed by atoms with Gasteiger partial charge in [-0.2, -0.15) is 0 Å². The second-order valence-electron chi connectivity index (χ2n) is 4.53. The van der Waals surface area contributed by atoms with Gasteiger partial charge in [0.05, 0.1) is 10.1 Å². The molecule has 12 heteroatoms. The van der Waals surface area contributed by atoms with Gasteiger partial charge in [-0.1, -0.05) is 34.8 Å². The molecule has 0 aromatic carbocycles. The zero-order valence-electron chi connectivity index (χ0n) is 11.5. The Bertz CT molecular complexity index is 613. The standard InChI is InChI=1S/C10H12Cl4NO6P/c1-9(14)6(13)4(11)5(12)7(20-8(16)15-3)10(9,2)21-22(17,18)19/h1-3H3,(H,15,16)(H2,17,18,19). The van der Waals surface area contributed by atoms with Gasteiger partial charge in [-0.05, 0) is 13.8 Å². The number of alkyl halides is 1. The van der Waals surface area contributed by atoms with Gasteiger partial charge in [-0.3, -0.25) is 4.52 Å². The molecule has 0 spiro atoms. The second-order valence-corrected chi connectivity index (χ2v) is 7.58. The summed E-state index contributed by atoms with van der Waals surface area (Å²) >= 11 is 24.2. The van der Waals surface area contributed by atoms with E-state index in [-0.39, 0.29) is 15.1 Å². The molecule has 126 valence electrons. The van der Waals surface area contributed by atoms with E-state index in [1.165, 1.54) is 14.0 Å². The Morgan fingerprint density at radius 2 is 1.73 bits per heavy atom. The van der Waals surface area contributed by atoms with Gasteiger partial charge in [-0.15, -0.1) is 11.6 Å². The second kappa shape index (κ2) is 6.49. The normalized spacial score (nSPS) is 29.7. The molecule has 0 aromatic rings. The fourth-order valence-electron chi connectivity index (χ4n) is 1.69. The van der Waals surface area contributed by atoms with E-state index in [4.69, 9.17) is 65.5 Å². The summed E-state index contributed by atoms with van der Waals surface area (Å²) in [6, 6.07) is 0. The minimum absolute atomic E-state index is 0.221. The highest BCUT2D eigenvalue weighted by atomic mass is 35.5. The van der Waals surface area contributed by atoms with E-state index in [0.717, 1.165) is 6.92 Å². The zero-order valence-corrected chi connectivity index (χ0v) is 15.4. The first-order chi connectivity index (χ1) is 9.78. The van der Waals surface area contributed by atoms with Gasteiger partial charge < -0.3 is 19.8 Å². The molecule has 22 heavy (non-hydrogen) atoms. The maximum Gasteiger partial charge on any atom is 0.470 e. The van der Waals surface area contributed by atoms with Crippen LogP contribution in [0, 0.1) is 0 Å². The molecule has 0 heterocycles. The van der Waals surface area contributed by atoms with Crippen LogP contribution in [0.15, 0.2) is 20.9 Å². The Morgan fingerprint density at radius 3 is 2.14 bits per heavy atom. The summed E-state index contributed by atoms with van der Waals surface area (Å²) in [5.41, 5.74) is -2.08. The SMILES string of the molecule is CNC(=O)OC1=C(Cl)C(Cl)=C(Cl)C(C)(Cl)C1(C)OP(=O)(O)O. The summed E-state index contributed by atoms with van der Waals surface area (Å²) in [5.74, 6) is -0.483. The first-order valence-corrected chi connectivity index (χ1v) is 8.63. The summed E-state index contributed by atoms with van der Waals surface area (Å²) in [6.07, 6.45) is -0.969. The molecule has 0 fully saturated rings. The van der Waals surface area contributed by atoms with E-state index in [1.807, 2.05) is 0 Å². The third-order valence-corrected chi connectivity index (χ3v) is 5.77. The van der Waals surface area contributed by atoms with Crippen molar-refractivity contribution in [2.24, 2.45) is 0 Å². The Balaban J connectivity index is 3.60. The van der Waals surface area contributed by atoms with Crippen molar-refractivity contribution in [3.63, 3.8) is 0 Å². The fourth-order valence-corrected chi connectivity index (χ4v) is 3.66. The predicted octanol–water partition coefficient (Wildman–Crippen LogP) is 3.36. The number of phosphoric acid groups is 1. The van der Waals surface area contributed by atoms with E-state index in [9.17, 15) is 9.36 Å². The van der Waals surface area contributed by atoms with E-state index in [2.05, 4.69) is 5.32 Å². The third kappa shape index (κ3) is 3.57. The quantitative estimate of drug-likeness (QED) is 0.483. The number of halogens is 4. The average molecular weight is 415 g/mol. The number of ether oxygens (including phenoxy) is 1. The first-order valence-electron chi connectivity index (χ1n) is 5.59. The molecule has 1 aliphatic rings. The van der Waals surface area contributed by atoms with Crippen molar-refractivity contribution in [3.05, 3.63) is 20.9 Å². The van der Waals surface area contributed by atoms with Crippen LogP contribution >= 0.6 is 54.2 Å². The van der Waals surface area contributed by atoms with Gasteiger partial charge >= 0.3 is 13.9 Å². The molecular weight excluding hydrogens is 403 g/mol. The molecule has 7 nitrogen and oxygen atoms in total. The molecule has 1 aliphatic carbocycles. The van der Waals surface area contributed by atoms with E-state index >= 15 is 0 Å². The van der Waals surface area contributed by atoms with Crippen molar-refractivity contribution in [2.45, 2.75) is 24.3 Å². The summed E-state index contributed by atoms with van der Waals surface area (Å²) < 4.78 is 21.0. The molecule has 0 aromatic heterocycles. The van der Waals surface area contributed by atoms with Crippen LogP contribution in [0.25, 0.3) is 0 Å². The van der Waals surface area contributed by atoms with Gasteiger partial charge in [0.15, 0.2) is 11.4 Å². The lowest BCUT2D eigenvalue weighted by molar-refractivity contribution is 0.0171. The van der Waals surface area contributed by atoms with Crippen LogP contribution in [0.3, 0.4) is 0 Å². The van der Waals surface area contributed by atoms with Crippen LogP contribution in [-0.2, 0) is 13.8 Å². The van der Waals surface area contributed by atoms with Gasteiger partial charge in [0.2, 0.25) is 0 Å². The lowest BCUT2D eigenvalue weighted by atomic mass is 9.83. The fraction of sp³-hybridized carbons (Fsp3) is 0.500. The van der Waals surface area contributed by atoms with Crippen molar-refractivity contribution >= 4 is 60.3 Å². The highest BCUT2D eigenvalue weighted by Crippen LogP contribution is 2.58. The third-order valence-electron chi connectivity index (χ3n) is 3.03. The molecule has 0 saturated heterocycles. The van der Waals surface area contributed by atoms with Gasteiger partial charge in [0, 0.05) is 7.05 Å². The lowest BCUT2D eigenvalue weighted by Crippen LogP contribution is -2.53. The summed E-state index contributed by atoms with van der Waals surface area (Å²) in [4.78, 5) is 28.0. The van der Waals surface area contributed by atoms with Crippen molar-refractivity contribution < 1.29 is 28.4 Å². The van der Waals surface area contributed by atoms with Crippen LogP contribution in [0.4, 0.5) is 4.79 Å². The summed E-state index contributed by atoms with van der Waals surface area (Å²) in [5, 5.41) is 1.34. The number of rotatable bonds is 3. The monoisotopic (exact) mass is 413 g/mol. The van der Waals surface area contributed by atoms with Crippen LogP contribution < -0.4 is 5.32 Å². The number of hydrogen-bond donors (Lipinski definition) is 3. The van der Waals surface area contributed by atoms with Crippen molar-refractivity contribution in [2.75, 3.05) is 7.05 Å². The van der Waals surface area contributed by atoms with Crippen molar-refractivity contribution in [3.8, 4) is 0 Å². The van der Waals surface area contributed by atoms with Crippen LogP contribution in [0.5, 0.6) is 0 Å². The zero-order chi connectivity index (χ0) is 17.5. The van der Waals surface area contributed by atoms with Crippen molar-refractivity contribution in [1.29, 1.82) is 0 Å². The molecule has 3 N–H and O–H groups in total. The number of phosphoric ester groups is 1.